The molecule has 0 aromatic heterocycles. The van der Waals surface area contributed by atoms with E-state index in [2.05, 4.69) is 5.32 Å². The van der Waals surface area contributed by atoms with Crippen molar-refractivity contribution < 1.29 is 15.0 Å². The molecule has 20 heavy (non-hydrogen) atoms. The van der Waals surface area contributed by atoms with Crippen LogP contribution in [0.25, 0.3) is 0 Å². The second-order valence-electron chi connectivity index (χ2n) is 4.24. The third-order valence-electron chi connectivity index (χ3n) is 2.89. The van der Waals surface area contributed by atoms with Gasteiger partial charge < -0.3 is 15.5 Å². The second-order valence-corrected chi connectivity index (χ2v) is 4.24. The molecule has 0 aliphatic heterocycles. The number of hydrogen-bond acceptors (Lipinski definition) is 4. The zero-order valence-electron chi connectivity index (χ0n) is 10.7. The molecule has 5 nitrogen and oxygen atoms in total. The van der Waals surface area contributed by atoms with E-state index in [-0.39, 0.29) is 11.3 Å². The van der Waals surface area contributed by atoms with E-state index < -0.39 is 11.7 Å². The first-order valence-electron chi connectivity index (χ1n) is 5.86. The highest BCUT2D eigenvalue weighted by atomic mass is 16.3. The molecule has 0 aliphatic carbocycles. The van der Waals surface area contributed by atoms with Gasteiger partial charge in [-0.15, -0.1) is 0 Å². The summed E-state index contributed by atoms with van der Waals surface area (Å²) in [5.74, 6) is -1.46. The lowest BCUT2D eigenvalue weighted by molar-refractivity contribution is 0.102. The van der Waals surface area contributed by atoms with Gasteiger partial charge in [0.25, 0.3) is 5.91 Å². The van der Waals surface area contributed by atoms with Crippen molar-refractivity contribution >= 4 is 11.6 Å². The van der Waals surface area contributed by atoms with Crippen LogP contribution in [-0.2, 0) is 0 Å². The van der Waals surface area contributed by atoms with Crippen LogP contribution in [0.1, 0.15) is 21.5 Å². The largest absolute Gasteiger partial charge is 0.504 e. The minimum Gasteiger partial charge on any atom is -0.504 e. The van der Waals surface area contributed by atoms with Gasteiger partial charge >= 0.3 is 0 Å². The van der Waals surface area contributed by atoms with Gasteiger partial charge in [0.2, 0.25) is 0 Å². The number of aryl methyl sites for hydroxylation is 1. The fraction of sp³-hybridized carbons (Fsp3) is 0.0667. The third kappa shape index (κ3) is 2.40. The van der Waals surface area contributed by atoms with Crippen LogP contribution in [0.3, 0.4) is 0 Å². The molecular formula is C15H12N2O3. The van der Waals surface area contributed by atoms with Crippen molar-refractivity contribution in [2.24, 2.45) is 0 Å². The average Bonchev–Trinajstić information content (AvgIpc) is 2.42. The highest BCUT2D eigenvalue weighted by Gasteiger charge is 2.15. The molecule has 0 bridgehead atoms. The van der Waals surface area contributed by atoms with Gasteiger partial charge in [0.05, 0.1) is 16.8 Å². The summed E-state index contributed by atoms with van der Waals surface area (Å²) in [6.45, 7) is 1.76. The molecular weight excluding hydrogens is 256 g/mol. The molecule has 0 spiro atoms. The van der Waals surface area contributed by atoms with Crippen LogP contribution in [0.2, 0.25) is 0 Å². The number of carbonyl (C=O) groups is 1. The third-order valence-corrected chi connectivity index (χ3v) is 2.89. The van der Waals surface area contributed by atoms with E-state index in [0.717, 1.165) is 5.56 Å². The maximum atomic E-state index is 12.1. The van der Waals surface area contributed by atoms with Gasteiger partial charge in [0.1, 0.15) is 6.07 Å². The van der Waals surface area contributed by atoms with Crippen LogP contribution in [-0.4, -0.2) is 16.1 Å². The standard InChI is InChI=1S/C15H12N2O3/c1-9-4-2-6-12(11(9)8-16)17-15(20)10-5-3-7-13(18)14(10)19/h2-7,18-19H,1H3,(H,17,20). The number of phenols is 2. The lowest BCUT2D eigenvalue weighted by Crippen LogP contribution is -2.13. The smallest absolute Gasteiger partial charge is 0.259 e. The summed E-state index contributed by atoms with van der Waals surface area (Å²) in [7, 11) is 0. The molecule has 2 rings (SSSR count). The number of nitrogens with zero attached hydrogens (tertiary/aromatic N) is 1. The first-order valence-corrected chi connectivity index (χ1v) is 5.86. The number of hydrogen-bond donors (Lipinski definition) is 3. The monoisotopic (exact) mass is 268 g/mol. The Hall–Kier alpha value is -3.00. The number of aromatic hydroxyl groups is 2. The zero-order chi connectivity index (χ0) is 14.7. The molecule has 0 saturated heterocycles. The Morgan fingerprint density at radius 1 is 1.20 bits per heavy atom. The van der Waals surface area contributed by atoms with E-state index in [1.165, 1.54) is 18.2 Å². The van der Waals surface area contributed by atoms with Crippen molar-refractivity contribution in [2.75, 3.05) is 5.32 Å². The van der Waals surface area contributed by atoms with Gasteiger partial charge in [-0.25, -0.2) is 0 Å². The summed E-state index contributed by atoms with van der Waals surface area (Å²) in [5, 5.41) is 30.7. The molecule has 0 atom stereocenters. The fourth-order valence-corrected chi connectivity index (χ4v) is 1.82. The van der Waals surface area contributed by atoms with Crippen LogP contribution in [0, 0.1) is 18.3 Å². The molecule has 0 fully saturated rings. The van der Waals surface area contributed by atoms with Gasteiger partial charge in [0, 0.05) is 0 Å². The minimum atomic E-state index is -0.597. The molecule has 0 heterocycles. The Balaban J connectivity index is 2.36. The number of nitrogens with one attached hydrogen (secondary N) is 1. The Kier molecular flexibility index (Phi) is 3.58. The van der Waals surface area contributed by atoms with Gasteiger partial charge in [-0.1, -0.05) is 18.2 Å². The number of rotatable bonds is 2. The number of para-hydroxylation sites is 1. The summed E-state index contributed by atoms with van der Waals surface area (Å²) in [4.78, 5) is 12.1. The lowest BCUT2D eigenvalue weighted by atomic mass is 10.1. The molecule has 0 unspecified atom stereocenters. The normalized spacial score (nSPS) is 9.80. The van der Waals surface area contributed by atoms with Crippen molar-refractivity contribution in [3.05, 3.63) is 53.1 Å². The number of amides is 1. The van der Waals surface area contributed by atoms with Gasteiger partial charge in [-0.2, -0.15) is 5.26 Å². The molecule has 3 N–H and O–H groups in total. The second kappa shape index (κ2) is 5.33. The zero-order valence-corrected chi connectivity index (χ0v) is 10.7. The number of phenolic OH excluding ortho intramolecular Hbond substituents is 2. The lowest BCUT2D eigenvalue weighted by Gasteiger charge is -2.10. The summed E-state index contributed by atoms with van der Waals surface area (Å²) in [6.07, 6.45) is 0. The fourth-order valence-electron chi connectivity index (χ4n) is 1.82. The quantitative estimate of drug-likeness (QED) is 0.729. The first-order chi connectivity index (χ1) is 9.54. The van der Waals surface area contributed by atoms with Crippen molar-refractivity contribution in [1.82, 2.24) is 0 Å². The van der Waals surface area contributed by atoms with E-state index in [9.17, 15) is 15.0 Å². The highest BCUT2D eigenvalue weighted by Crippen LogP contribution is 2.29. The van der Waals surface area contributed by atoms with Crippen LogP contribution in [0.4, 0.5) is 5.69 Å². The summed E-state index contributed by atoms with van der Waals surface area (Å²) in [5.41, 5.74) is 1.40. The van der Waals surface area contributed by atoms with Crippen LogP contribution in [0.5, 0.6) is 11.5 Å². The highest BCUT2D eigenvalue weighted by molar-refractivity contribution is 6.07. The number of benzene rings is 2. The Labute approximate surface area is 115 Å². The molecule has 5 heteroatoms. The van der Waals surface area contributed by atoms with Gasteiger partial charge in [-0.05, 0) is 30.7 Å². The minimum absolute atomic E-state index is 0.0598. The van der Waals surface area contributed by atoms with Crippen molar-refractivity contribution in [1.29, 1.82) is 5.26 Å². The van der Waals surface area contributed by atoms with Crippen LogP contribution >= 0.6 is 0 Å². The molecule has 0 radical (unpaired) electrons. The molecule has 0 saturated carbocycles. The van der Waals surface area contributed by atoms with E-state index in [1.807, 2.05) is 6.07 Å². The average molecular weight is 268 g/mol. The Bertz CT molecular complexity index is 718. The Morgan fingerprint density at radius 3 is 2.60 bits per heavy atom. The number of nitriles is 1. The van der Waals surface area contributed by atoms with E-state index >= 15 is 0 Å². The predicted molar refractivity (Wildman–Crippen MR) is 73.6 cm³/mol. The van der Waals surface area contributed by atoms with Crippen molar-refractivity contribution in [2.45, 2.75) is 6.92 Å². The van der Waals surface area contributed by atoms with Crippen LogP contribution < -0.4 is 5.32 Å². The van der Waals surface area contributed by atoms with Gasteiger partial charge in [0.15, 0.2) is 11.5 Å². The van der Waals surface area contributed by atoms with Crippen molar-refractivity contribution in [3.63, 3.8) is 0 Å². The SMILES string of the molecule is Cc1cccc(NC(=O)c2cccc(O)c2O)c1C#N. The molecule has 100 valence electrons. The maximum absolute atomic E-state index is 12.1. The maximum Gasteiger partial charge on any atom is 0.259 e. The molecule has 1 amide bonds. The summed E-state index contributed by atoms with van der Waals surface area (Å²) < 4.78 is 0. The van der Waals surface area contributed by atoms with Crippen molar-refractivity contribution in [3.8, 4) is 17.6 Å². The van der Waals surface area contributed by atoms with Crippen LogP contribution in [0.15, 0.2) is 36.4 Å². The van der Waals surface area contributed by atoms with Gasteiger partial charge in [-0.3, -0.25) is 4.79 Å². The van der Waals surface area contributed by atoms with E-state index in [0.29, 0.717) is 11.3 Å². The molecule has 2 aromatic carbocycles. The summed E-state index contributed by atoms with van der Waals surface area (Å²) in [6, 6.07) is 11.2. The van der Waals surface area contributed by atoms with E-state index in [4.69, 9.17) is 5.26 Å². The number of anilines is 1. The molecule has 2 aromatic rings. The predicted octanol–water partition coefficient (Wildman–Crippen LogP) is 2.53. The number of carbonyl (C=O) groups excluding carboxylic acids is 1. The topological polar surface area (TPSA) is 93.3 Å². The molecule has 0 aliphatic rings. The van der Waals surface area contributed by atoms with E-state index in [1.54, 1.807) is 25.1 Å². The summed E-state index contributed by atoms with van der Waals surface area (Å²) >= 11 is 0. The first kappa shape index (κ1) is 13.4. The Morgan fingerprint density at radius 2 is 1.90 bits per heavy atom.